The van der Waals surface area contributed by atoms with Crippen LogP contribution in [-0.4, -0.2) is 28.1 Å². The Labute approximate surface area is 111 Å². The number of halogens is 1. The third-order valence-corrected chi connectivity index (χ3v) is 3.55. The van der Waals surface area contributed by atoms with Crippen molar-refractivity contribution < 1.29 is 8.91 Å². The molecule has 3 rings (SSSR count). The molecule has 0 bridgehead atoms. The highest BCUT2D eigenvalue weighted by Crippen LogP contribution is 2.27. The minimum atomic E-state index is -0.180. The van der Waals surface area contributed by atoms with Crippen molar-refractivity contribution in [3.63, 3.8) is 0 Å². The lowest BCUT2D eigenvalue weighted by atomic mass is 9.99. The summed E-state index contributed by atoms with van der Waals surface area (Å²) in [5, 5.41) is 3.91. The van der Waals surface area contributed by atoms with E-state index in [9.17, 15) is 4.39 Å². The topological polar surface area (TPSA) is 42.2 Å². The first kappa shape index (κ1) is 12.3. The Hall–Kier alpha value is -1.75. The monoisotopic (exact) mass is 261 g/mol. The number of rotatable bonds is 3. The average molecular weight is 261 g/mol. The zero-order valence-corrected chi connectivity index (χ0v) is 10.8. The molecular formula is C14H16FN3O. The molecule has 0 amide bonds. The van der Waals surface area contributed by atoms with E-state index in [1.165, 1.54) is 17.7 Å². The molecule has 0 radical (unpaired) electrons. The highest BCUT2D eigenvalue weighted by atomic mass is 19.1. The number of nitrogens with zero attached hydrogens (tertiary/aromatic N) is 3. The summed E-state index contributed by atoms with van der Waals surface area (Å²) < 4.78 is 17.9. The van der Waals surface area contributed by atoms with Crippen LogP contribution in [0.5, 0.6) is 0 Å². The van der Waals surface area contributed by atoms with E-state index in [1.807, 2.05) is 12.1 Å². The van der Waals surface area contributed by atoms with Crippen LogP contribution in [-0.2, 0) is 6.54 Å². The number of hydrogen-bond donors (Lipinski definition) is 0. The van der Waals surface area contributed by atoms with Crippen molar-refractivity contribution in [2.45, 2.75) is 25.8 Å². The second-order valence-electron chi connectivity index (χ2n) is 5.00. The maximum Gasteiger partial charge on any atom is 0.223 e. The summed E-state index contributed by atoms with van der Waals surface area (Å²) >= 11 is 0. The molecule has 4 nitrogen and oxygen atoms in total. The number of hydrogen-bond acceptors (Lipinski definition) is 4. The van der Waals surface area contributed by atoms with Gasteiger partial charge < -0.3 is 4.52 Å². The summed E-state index contributed by atoms with van der Waals surface area (Å²) in [6.07, 6.45) is 1.09. The summed E-state index contributed by atoms with van der Waals surface area (Å²) in [5.41, 5.74) is 1.20. The van der Waals surface area contributed by atoms with Gasteiger partial charge in [-0.1, -0.05) is 17.3 Å². The molecule has 2 aromatic rings. The van der Waals surface area contributed by atoms with E-state index < -0.39 is 0 Å². The van der Waals surface area contributed by atoms with Gasteiger partial charge in [0.25, 0.3) is 0 Å². The normalized spacial score (nSPS) is 20.0. The summed E-state index contributed by atoms with van der Waals surface area (Å²) in [5.74, 6) is 1.62. The van der Waals surface area contributed by atoms with E-state index in [0.29, 0.717) is 11.8 Å². The van der Waals surface area contributed by atoms with E-state index in [1.54, 1.807) is 6.92 Å². The second kappa shape index (κ2) is 5.09. The zero-order chi connectivity index (χ0) is 13.2. The molecule has 1 aromatic heterocycles. The van der Waals surface area contributed by atoms with Crippen molar-refractivity contribution in [1.82, 2.24) is 15.0 Å². The summed E-state index contributed by atoms with van der Waals surface area (Å²) in [6, 6.07) is 6.81. The third kappa shape index (κ3) is 2.81. The van der Waals surface area contributed by atoms with Crippen molar-refractivity contribution >= 4 is 0 Å². The van der Waals surface area contributed by atoms with Gasteiger partial charge in [-0.15, -0.1) is 0 Å². The second-order valence-corrected chi connectivity index (χ2v) is 5.00. The predicted octanol–water partition coefficient (Wildman–Crippen LogP) is 2.51. The minimum absolute atomic E-state index is 0.180. The van der Waals surface area contributed by atoms with Crippen LogP contribution in [0, 0.1) is 12.7 Å². The maximum absolute atomic E-state index is 12.9. The molecular weight excluding hydrogens is 245 g/mol. The van der Waals surface area contributed by atoms with E-state index in [4.69, 9.17) is 4.52 Å². The first-order chi connectivity index (χ1) is 9.20. The van der Waals surface area contributed by atoms with Gasteiger partial charge in [-0.3, -0.25) is 4.90 Å². The SMILES string of the molecule is Cc1nc(CN2CCC(c3ccc(F)cc3)C2)no1. The molecule has 1 fully saturated rings. The molecule has 1 aliphatic heterocycles. The van der Waals surface area contributed by atoms with Crippen molar-refractivity contribution in [3.8, 4) is 0 Å². The first-order valence-corrected chi connectivity index (χ1v) is 6.48. The van der Waals surface area contributed by atoms with Crippen LogP contribution in [0.4, 0.5) is 4.39 Å². The Bertz CT molecular complexity index is 552. The van der Waals surface area contributed by atoms with Crippen molar-refractivity contribution in [2.75, 3.05) is 13.1 Å². The van der Waals surface area contributed by atoms with E-state index in [2.05, 4.69) is 15.0 Å². The number of aryl methyl sites for hydroxylation is 1. The van der Waals surface area contributed by atoms with E-state index in [0.717, 1.165) is 31.9 Å². The molecule has 1 unspecified atom stereocenters. The van der Waals surface area contributed by atoms with Gasteiger partial charge in [0.2, 0.25) is 5.89 Å². The third-order valence-electron chi connectivity index (χ3n) is 3.55. The Kier molecular flexibility index (Phi) is 3.29. The molecule has 1 aliphatic rings. The zero-order valence-electron chi connectivity index (χ0n) is 10.8. The average Bonchev–Trinajstić information content (AvgIpc) is 3.00. The molecule has 1 aromatic carbocycles. The van der Waals surface area contributed by atoms with Gasteiger partial charge in [-0.05, 0) is 36.6 Å². The van der Waals surface area contributed by atoms with E-state index >= 15 is 0 Å². The van der Waals surface area contributed by atoms with Crippen LogP contribution in [0.3, 0.4) is 0 Å². The van der Waals surface area contributed by atoms with Gasteiger partial charge in [0, 0.05) is 13.5 Å². The van der Waals surface area contributed by atoms with E-state index in [-0.39, 0.29) is 5.82 Å². The van der Waals surface area contributed by atoms with Gasteiger partial charge in [-0.25, -0.2) is 4.39 Å². The van der Waals surface area contributed by atoms with Gasteiger partial charge in [0.1, 0.15) is 5.82 Å². The smallest absolute Gasteiger partial charge is 0.223 e. The molecule has 19 heavy (non-hydrogen) atoms. The van der Waals surface area contributed by atoms with Crippen LogP contribution < -0.4 is 0 Å². The summed E-state index contributed by atoms with van der Waals surface area (Å²) in [7, 11) is 0. The van der Waals surface area contributed by atoms with Crippen LogP contribution in [0.1, 0.15) is 29.6 Å². The molecule has 0 spiro atoms. The molecule has 1 atom stereocenters. The van der Waals surface area contributed by atoms with Crippen LogP contribution in [0.25, 0.3) is 0 Å². The summed E-state index contributed by atoms with van der Waals surface area (Å²) in [6.45, 7) is 4.48. The lowest BCUT2D eigenvalue weighted by Gasteiger charge is -2.13. The fourth-order valence-electron chi connectivity index (χ4n) is 2.59. The maximum atomic E-state index is 12.9. The van der Waals surface area contributed by atoms with Crippen LogP contribution in [0.2, 0.25) is 0 Å². The fraction of sp³-hybridized carbons (Fsp3) is 0.429. The molecule has 1 saturated heterocycles. The highest BCUT2D eigenvalue weighted by Gasteiger charge is 2.24. The largest absolute Gasteiger partial charge is 0.340 e. The van der Waals surface area contributed by atoms with Crippen molar-refractivity contribution in [3.05, 3.63) is 47.4 Å². The molecule has 5 heteroatoms. The van der Waals surface area contributed by atoms with Crippen LogP contribution >= 0.6 is 0 Å². The van der Waals surface area contributed by atoms with Gasteiger partial charge in [0.05, 0.1) is 6.54 Å². The fourth-order valence-corrected chi connectivity index (χ4v) is 2.59. The number of benzene rings is 1. The standard InChI is InChI=1S/C14H16FN3O/c1-10-16-14(17-19-10)9-18-7-6-12(8-18)11-2-4-13(15)5-3-11/h2-5,12H,6-9H2,1H3. The lowest BCUT2D eigenvalue weighted by Crippen LogP contribution is -2.20. The quantitative estimate of drug-likeness (QED) is 0.851. The van der Waals surface area contributed by atoms with Gasteiger partial charge in [0.15, 0.2) is 5.82 Å². The van der Waals surface area contributed by atoms with Crippen molar-refractivity contribution in [2.24, 2.45) is 0 Å². The molecule has 0 aliphatic carbocycles. The Morgan fingerprint density at radius 3 is 2.84 bits per heavy atom. The molecule has 0 saturated carbocycles. The Morgan fingerprint density at radius 1 is 1.37 bits per heavy atom. The lowest BCUT2D eigenvalue weighted by molar-refractivity contribution is 0.307. The number of aromatic nitrogens is 2. The number of likely N-dealkylation sites (tertiary alicyclic amines) is 1. The summed E-state index contributed by atoms with van der Waals surface area (Å²) in [4.78, 5) is 6.52. The minimum Gasteiger partial charge on any atom is -0.340 e. The van der Waals surface area contributed by atoms with Gasteiger partial charge >= 0.3 is 0 Å². The molecule has 0 N–H and O–H groups in total. The Morgan fingerprint density at radius 2 is 2.16 bits per heavy atom. The van der Waals surface area contributed by atoms with Crippen molar-refractivity contribution in [1.29, 1.82) is 0 Å². The van der Waals surface area contributed by atoms with Gasteiger partial charge in [-0.2, -0.15) is 4.98 Å². The molecule has 2 heterocycles. The Balaban J connectivity index is 1.62. The first-order valence-electron chi connectivity index (χ1n) is 6.48. The van der Waals surface area contributed by atoms with Crippen LogP contribution in [0.15, 0.2) is 28.8 Å². The molecule has 100 valence electrons. The highest BCUT2D eigenvalue weighted by molar-refractivity contribution is 5.22. The predicted molar refractivity (Wildman–Crippen MR) is 68.1 cm³/mol.